The second-order valence-corrected chi connectivity index (χ2v) is 9.21. The Balaban J connectivity index is 2.21. The van der Waals surface area contributed by atoms with Gasteiger partial charge in [-0.3, -0.25) is 19.7 Å². The second-order valence-electron chi connectivity index (χ2n) is 7.95. The number of nitro benzene ring substituents is 1. The molecule has 0 saturated heterocycles. The second kappa shape index (κ2) is 12.1. The molecular formula is C23H18BrClF6N2O4. The van der Waals surface area contributed by atoms with Gasteiger partial charge in [0.1, 0.15) is 11.6 Å². The SMILES string of the molecule is C[C@@H](CC(=O)c1ccc(/C=C/C(c2ccc(Cl)c([N+](=O)[O-])c2)C(F)(F)F)cc1Br)C(=O)NCC(F)(F)F. The molecule has 200 valence electrons. The highest BCUT2D eigenvalue weighted by atomic mass is 79.9. The van der Waals surface area contributed by atoms with E-state index in [9.17, 15) is 46.0 Å². The van der Waals surface area contributed by atoms with Gasteiger partial charge in [-0.05, 0) is 29.3 Å². The molecule has 0 heterocycles. The van der Waals surface area contributed by atoms with Crippen molar-refractivity contribution in [2.45, 2.75) is 31.6 Å². The number of allylic oxidation sites excluding steroid dienone is 1. The van der Waals surface area contributed by atoms with Gasteiger partial charge in [-0.25, -0.2) is 0 Å². The Kier molecular flexibility index (Phi) is 9.89. The van der Waals surface area contributed by atoms with Crippen LogP contribution in [0.4, 0.5) is 32.0 Å². The fourth-order valence-electron chi connectivity index (χ4n) is 3.18. The zero-order chi connectivity index (χ0) is 28.1. The highest BCUT2D eigenvalue weighted by Gasteiger charge is 2.39. The molecule has 0 aliphatic heterocycles. The molecule has 0 radical (unpaired) electrons. The highest BCUT2D eigenvalue weighted by molar-refractivity contribution is 9.10. The van der Waals surface area contributed by atoms with E-state index in [0.29, 0.717) is 0 Å². The fourth-order valence-corrected chi connectivity index (χ4v) is 3.99. The molecule has 0 saturated carbocycles. The minimum Gasteiger partial charge on any atom is -0.347 e. The lowest BCUT2D eigenvalue weighted by Gasteiger charge is -2.17. The Morgan fingerprint density at radius 3 is 2.32 bits per heavy atom. The first-order chi connectivity index (χ1) is 17.0. The van der Waals surface area contributed by atoms with Crippen LogP contribution in [0.2, 0.25) is 5.02 Å². The number of benzene rings is 2. The predicted octanol–water partition coefficient (Wildman–Crippen LogP) is 7.26. The first kappa shape index (κ1) is 30.3. The molecule has 37 heavy (non-hydrogen) atoms. The van der Waals surface area contributed by atoms with Gasteiger partial charge in [0.25, 0.3) is 5.69 Å². The van der Waals surface area contributed by atoms with E-state index in [4.69, 9.17) is 11.6 Å². The Bertz CT molecular complexity index is 1220. The van der Waals surface area contributed by atoms with Gasteiger partial charge in [-0.2, -0.15) is 26.3 Å². The van der Waals surface area contributed by atoms with Crippen molar-refractivity contribution in [3.8, 4) is 0 Å². The van der Waals surface area contributed by atoms with Crippen molar-refractivity contribution >= 4 is 51.0 Å². The number of nitrogens with one attached hydrogen (secondary N) is 1. The van der Waals surface area contributed by atoms with Crippen LogP contribution in [0.5, 0.6) is 0 Å². The zero-order valence-corrected chi connectivity index (χ0v) is 21.1. The lowest BCUT2D eigenvalue weighted by Crippen LogP contribution is -2.37. The number of halogens is 8. The number of hydrogen-bond acceptors (Lipinski definition) is 4. The van der Waals surface area contributed by atoms with Gasteiger partial charge in [0.2, 0.25) is 5.91 Å². The lowest BCUT2D eigenvalue weighted by atomic mass is 9.95. The zero-order valence-electron chi connectivity index (χ0n) is 18.8. The Labute approximate surface area is 220 Å². The van der Waals surface area contributed by atoms with Crippen molar-refractivity contribution in [1.82, 2.24) is 5.32 Å². The van der Waals surface area contributed by atoms with Crippen LogP contribution >= 0.6 is 27.5 Å². The molecule has 0 bridgehead atoms. The van der Waals surface area contributed by atoms with E-state index < -0.39 is 65.0 Å². The summed E-state index contributed by atoms with van der Waals surface area (Å²) in [5.41, 5.74) is -0.748. The quantitative estimate of drug-likeness (QED) is 0.139. The Morgan fingerprint density at radius 2 is 1.78 bits per heavy atom. The summed E-state index contributed by atoms with van der Waals surface area (Å²) in [4.78, 5) is 34.5. The van der Waals surface area contributed by atoms with Gasteiger partial charge < -0.3 is 5.32 Å². The van der Waals surface area contributed by atoms with Crippen LogP contribution in [-0.4, -0.2) is 35.5 Å². The van der Waals surface area contributed by atoms with Crippen LogP contribution in [0, 0.1) is 16.0 Å². The topological polar surface area (TPSA) is 89.3 Å². The Morgan fingerprint density at radius 1 is 1.14 bits per heavy atom. The van der Waals surface area contributed by atoms with Crippen LogP contribution in [0.15, 0.2) is 46.9 Å². The maximum Gasteiger partial charge on any atom is 0.405 e. The highest BCUT2D eigenvalue weighted by Crippen LogP contribution is 2.39. The molecule has 0 aromatic heterocycles. The molecule has 6 nitrogen and oxygen atoms in total. The number of alkyl halides is 6. The summed E-state index contributed by atoms with van der Waals surface area (Å²) in [6.07, 6.45) is -7.87. The van der Waals surface area contributed by atoms with Crippen molar-refractivity contribution < 1.29 is 40.9 Å². The van der Waals surface area contributed by atoms with Gasteiger partial charge in [-0.1, -0.05) is 58.7 Å². The normalized spacial score (nSPS) is 13.9. The van der Waals surface area contributed by atoms with Crippen molar-refractivity contribution in [3.63, 3.8) is 0 Å². The van der Waals surface area contributed by atoms with Crippen LogP contribution in [0.25, 0.3) is 6.08 Å². The van der Waals surface area contributed by atoms with Crippen molar-refractivity contribution in [2.75, 3.05) is 6.54 Å². The molecular weight excluding hydrogens is 598 g/mol. The van der Waals surface area contributed by atoms with Gasteiger partial charge in [0.15, 0.2) is 5.78 Å². The average Bonchev–Trinajstić information content (AvgIpc) is 2.76. The first-order valence-electron chi connectivity index (χ1n) is 10.4. The molecule has 2 aromatic carbocycles. The number of hydrogen-bond donors (Lipinski definition) is 1. The smallest absolute Gasteiger partial charge is 0.347 e. The number of amides is 1. The molecule has 14 heteroatoms. The summed E-state index contributed by atoms with van der Waals surface area (Å²) < 4.78 is 78.0. The standard InChI is InChI=1S/C23H18BrClF6N2O4/c1-12(21(35)32-11-22(26,27)28)8-20(34)15-5-2-13(9-17(15)24)3-6-16(23(29,30)31)14-4-7-18(25)19(10-14)33(36)37/h2-7,9-10,12,16H,8,11H2,1H3,(H,32,35)/b6-3+/t12-,16?/m0/s1. The number of nitro groups is 1. The van der Waals surface area contributed by atoms with Crippen LogP contribution < -0.4 is 5.32 Å². The first-order valence-corrected chi connectivity index (χ1v) is 11.5. The maximum atomic E-state index is 13.7. The summed E-state index contributed by atoms with van der Waals surface area (Å²) >= 11 is 8.82. The van der Waals surface area contributed by atoms with Gasteiger partial charge in [-0.15, -0.1) is 0 Å². The number of nitrogens with zero attached hydrogens (tertiary/aromatic N) is 1. The van der Waals surface area contributed by atoms with Crippen LogP contribution in [-0.2, 0) is 4.79 Å². The van der Waals surface area contributed by atoms with Gasteiger partial charge in [0.05, 0.1) is 10.8 Å². The van der Waals surface area contributed by atoms with Crippen LogP contribution in [0.1, 0.15) is 40.7 Å². The number of Topliss-reactive ketones (excluding diaryl/α,β-unsaturated/α-hetero) is 1. The molecule has 2 atom stereocenters. The molecule has 0 fully saturated rings. The molecule has 2 rings (SSSR count). The largest absolute Gasteiger partial charge is 0.405 e. The number of carbonyl (C=O) groups is 2. The maximum absolute atomic E-state index is 13.7. The number of ketones is 1. The summed E-state index contributed by atoms with van der Waals surface area (Å²) in [5, 5.41) is 12.4. The van der Waals surface area contributed by atoms with E-state index in [1.165, 1.54) is 25.1 Å². The summed E-state index contributed by atoms with van der Waals surface area (Å²) in [7, 11) is 0. The molecule has 2 aromatic rings. The molecule has 0 aliphatic carbocycles. The van der Waals surface area contributed by atoms with Gasteiger partial charge >= 0.3 is 12.4 Å². The van der Waals surface area contributed by atoms with E-state index in [0.717, 1.165) is 30.4 Å². The van der Waals surface area contributed by atoms with E-state index >= 15 is 0 Å². The van der Waals surface area contributed by atoms with Crippen LogP contribution in [0.3, 0.4) is 0 Å². The monoisotopic (exact) mass is 614 g/mol. The third kappa shape index (κ3) is 8.85. The van der Waals surface area contributed by atoms with Crippen molar-refractivity contribution in [1.29, 1.82) is 0 Å². The predicted molar refractivity (Wildman–Crippen MR) is 127 cm³/mol. The van der Waals surface area contributed by atoms with Crippen molar-refractivity contribution in [2.24, 2.45) is 5.92 Å². The molecule has 1 N–H and O–H groups in total. The molecule has 1 amide bonds. The van der Waals surface area contributed by atoms with Gasteiger partial charge in [0, 0.05) is 28.4 Å². The summed E-state index contributed by atoms with van der Waals surface area (Å²) in [6.45, 7) is -0.246. The summed E-state index contributed by atoms with van der Waals surface area (Å²) in [6, 6.07) is 6.75. The lowest BCUT2D eigenvalue weighted by molar-refractivity contribution is -0.384. The van der Waals surface area contributed by atoms with E-state index in [-0.39, 0.29) is 20.6 Å². The minimum atomic E-state index is -4.78. The third-order valence-corrected chi connectivity index (χ3v) is 6.03. The van der Waals surface area contributed by atoms with Crippen molar-refractivity contribution in [3.05, 3.63) is 78.8 Å². The number of rotatable bonds is 9. The fraction of sp³-hybridized carbons (Fsp3) is 0.304. The summed E-state index contributed by atoms with van der Waals surface area (Å²) in [5.74, 6) is -4.78. The Hall–Kier alpha value is -2.93. The number of carbonyl (C=O) groups excluding carboxylic acids is 2. The van der Waals surface area contributed by atoms with E-state index in [1.54, 1.807) is 5.32 Å². The molecule has 0 spiro atoms. The molecule has 1 unspecified atom stereocenters. The van der Waals surface area contributed by atoms with E-state index in [1.807, 2.05) is 0 Å². The minimum absolute atomic E-state index is 0.0771. The third-order valence-electron chi connectivity index (χ3n) is 5.06. The van der Waals surface area contributed by atoms with E-state index in [2.05, 4.69) is 15.9 Å². The average molecular weight is 616 g/mol. The molecule has 0 aliphatic rings.